The van der Waals surface area contributed by atoms with Crippen LogP contribution >= 0.6 is 23.2 Å². The molecule has 0 amide bonds. The molecule has 0 spiro atoms. The average molecular weight is 398 g/mol. The fourth-order valence-electron chi connectivity index (χ4n) is 3.01. The first-order chi connectivity index (χ1) is 12.3. The van der Waals surface area contributed by atoms with E-state index >= 15 is 0 Å². The molecule has 0 aliphatic carbocycles. The van der Waals surface area contributed by atoms with Crippen molar-refractivity contribution in [3.8, 4) is 0 Å². The molecule has 0 saturated carbocycles. The lowest BCUT2D eigenvalue weighted by Crippen LogP contribution is -2.39. The van der Waals surface area contributed by atoms with Gasteiger partial charge in [0.2, 0.25) is 5.89 Å². The van der Waals surface area contributed by atoms with Gasteiger partial charge in [0, 0.05) is 29.6 Å². The Kier molecular flexibility index (Phi) is 6.23. The van der Waals surface area contributed by atoms with Crippen molar-refractivity contribution >= 4 is 23.2 Å². The second-order valence-corrected chi connectivity index (χ2v) is 8.67. The largest absolute Gasteiger partial charge is 0.379 e. The summed E-state index contributed by atoms with van der Waals surface area (Å²) in [5, 5.41) is 5.40. The van der Waals surface area contributed by atoms with E-state index < -0.39 is 0 Å². The van der Waals surface area contributed by atoms with Gasteiger partial charge in [-0.15, -0.1) is 0 Å². The van der Waals surface area contributed by atoms with Gasteiger partial charge in [-0.3, -0.25) is 4.90 Å². The van der Waals surface area contributed by atoms with E-state index in [0.29, 0.717) is 29.1 Å². The van der Waals surface area contributed by atoms with E-state index in [2.05, 4.69) is 35.8 Å². The zero-order valence-electron chi connectivity index (χ0n) is 15.5. The van der Waals surface area contributed by atoms with E-state index in [1.165, 1.54) is 0 Å². The van der Waals surface area contributed by atoms with E-state index in [4.69, 9.17) is 32.5 Å². The van der Waals surface area contributed by atoms with Gasteiger partial charge >= 0.3 is 0 Å². The zero-order valence-corrected chi connectivity index (χ0v) is 17.0. The van der Waals surface area contributed by atoms with Gasteiger partial charge in [-0.25, -0.2) is 0 Å². The van der Waals surface area contributed by atoms with E-state index in [-0.39, 0.29) is 11.5 Å². The minimum Gasteiger partial charge on any atom is -0.379 e. The first-order valence-corrected chi connectivity index (χ1v) is 9.68. The van der Waals surface area contributed by atoms with Gasteiger partial charge < -0.3 is 9.26 Å². The minimum atomic E-state index is -0.195. The molecular weight excluding hydrogens is 373 g/mol. The summed E-state index contributed by atoms with van der Waals surface area (Å²) in [6, 6.07) is 5.33. The molecule has 5 nitrogen and oxygen atoms in total. The van der Waals surface area contributed by atoms with Crippen molar-refractivity contribution in [1.29, 1.82) is 0 Å². The van der Waals surface area contributed by atoms with Crippen molar-refractivity contribution in [3.05, 3.63) is 45.5 Å². The minimum absolute atomic E-state index is 0.195. The van der Waals surface area contributed by atoms with Crippen LogP contribution in [0.1, 0.15) is 50.5 Å². The Morgan fingerprint density at radius 2 is 1.92 bits per heavy atom. The molecule has 2 heterocycles. The summed E-state index contributed by atoms with van der Waals surface area (Å²) in [5.74, 6) is 1.30. The van der Waals surface area contributed by atoms with Crippen LogP contribution in [0, 0.1) is 5.41 Å². The third-order valence-electron chi connectivity index (χ3n) is 4.48. The van der Waals surface area contributed by atoms with Gasteiger partial charge in [0.15, 0.2) is 5.82 Å². The fraction of sp³-hybridized carbons (Fsp3) is 0.579. The molecule has 142 valence electrons. The third-order valence-corrected chi connectivity index (χ3v) is 5.05. The molecule has 1 aromatic heterocycles. The van der Waals surface area contributed by atoms with Crippen LogP contribution < -0.4 is 0 Å². The maximum Gasteiger partial charge on any atom is 0.248 e. The lowest BCUT2D eigenvalue weighted by molar-refractivity contribution is 0.0181. The van der Waals surface area contributed by atoms with Gasteiger partial charge in [0.25, 0.3) is 0 Å². The molecule has 0 N–H and O–H groups in total. The van der Waals surface area contributed by atoms with Crippen LogP contribution in [0.3, 0.4) is 0 Å². The summed E-state index contributed by atoms with van der Waals surface area (Å²) in [7, 11) is 0. The number of morpholine rings is 1. The maximum absolute atomic E-state index is 6.49. The molecule has 0 radical (unpaired) electrons. The Morgan fingerprint density at radius 1 is 1.19 bits per heavy atom. The first kappa shape index (κ1) is 19.6. The fourth-order valence-corrected chi connectivity index (χ4v) is 3.52. The highest BCUT2D eigenvalue weighted by Crippen LogP contribution is 2.34. The van der Waals surface area contributed by atoms with Gasteiger partial charge in [0.1, 0.15) is 6.04 Å². The molecular formula is C19H25Cl2N3O2. The van der Waals surface area contributed by atoms with Gasteiger partial charge in [-0.2, -0.15) is 4.98 Å². The Bertz CT molecular complexity index is 737. The number of aromatic nitrogens is 2. The van der Waals surface area contributed by atoms with Crippen LogP contribution in [-0.4, -0.2) is 41.3 Å². The van der Waals surface area contributed by atoms with Crippen LogP contribution in [0.5, 0.6) is 0 Å². The van der Waals surface area contributed by atoms with E-state index in [0.717, 1.165) is 37.3 Å². The Balaban J connectivity index is 1.89. The average Bonchev–Trinajstić information content (AvgIpc) is 3.04. The maximum atomic E-state index is 6.49. The monoisotopic (exact) mass is 397 g/mol. The molecule has 26 heavy (non-hydrogen) atoms. The van der Waals surface area contributed by atoms with Crippen LogP contribution in [0.4, 0.5) is 0 Å². The highest BCUT2D eigenvalue weighted by atomic mass is 35.5. The van der Waals surface area contributed by atoms with Crippen molar-refractivity contribution in [1.82, 2.24) is 15.0 Å². The summed E-state index contributed by atoms with van der Waals surface area (Å²) in [5.41, 5.74) is 1.15. The molecule has 1 unspecified atom stereocenters. The van der Waals surface area contributed by atoms with Crippen molar-refractivity contribution < 1.29 is 9.26 Å². The van der Waals surface area contributed by atoms with E-state index in [1.807, 2.05) is 12.1 Å². The number of hydrogen-bond donors (Lipinski definition) is 0. The summed E-state index contributed by atoms with van der Waals surface area (Å²) < 4.78 is 11.1. The van der Waals surface area contributed by atoms with Crippen LogP contribution in [0.25, 0.3) is 0 Å². The number of hydrogen-bond acceptors (Lipinski definition) is 5. The number of aryl methyl sites for hydroxylation is 1. The lowest BCUT2D eigenvalue weighted by Gasteiger charge is -2.33. The number of benzene rings is 1. The third kappa shape index (κ3) is 4.97. The molecule has 0 bridgehead atoms. The van der Waals surface area contributed by atoms with Gasteiger partial charge in [-0.05, 0) is 29.5 Å². The second kappa shape index (κ2) is 8.26. The predicted octanol–water partition coefficient (Wildman–Crippen LogP) is 4.78. The molecule has 1 atom stereocenters. The Morgan fingerprint density at radius 3 is 2.58 bits per heavy atom. The highest BCUT2D eigenvalue weighted by Gasteiger charge is 2.31. The molecule has 1 saturated heterocycles. The topological polar surface area (TPSA) is 51.4 Å². The first-order valence-electron chi connectivity index (χ1n) is 8.93. The standard InChI is InChI=1S/C19H25Cl2N3O2/c1-19(2,3)7-6-16-22-18(26-23-16)17(24-8-10-25-11-9-24)14-5-4-13(20)12-15(14)21/h4-5,12,17H,6-11H2,1-3H3. The Hall–Kier alpha value is -1.14. The normalized spacial score (nSPS) is 17.4. The lowest BCUT2D eigenvalue weighted by atomic mass is 9.90. The van der Waals surface area contributed by atoms with Crippen LogP contribution in [0.2, 0.25) is 10.0 Å². The molecule has 2 aromatic rings. The molecule has 1 aliphatic heterocycles. The molecule has 3 rings (SSSR count). The smallest absolute Gasteiger partial charge is 0.248 e. The Labute approximate surface area is 164 Å². The quantitative estimate of drug-likeness (QED) is 0.726. The number of nitrogens with zero attached hydrogens (tertiary/aromatic N) is 3. The summed E-state index contributed by atoms with van der Waals surface area (Å²) >= 11 is 12.6. The highest BCUT2D eigenvalue weighted by molar-refractivity contribution is 6.35. The van der Waals surface area contributed by atoms with Gasteiger partial charge in [-0.1, -0.05) is 55.2 Å². The number of ether oxygens (including phenoxy) is 1. The second-order valence-electron chi connectivity index (χ2n) is 7.83. The van der Waals surface area contributed by atoms with Crippen molar-refractivity contribution in [2.24, 2.45) is 5.41 Å². The summed E-state index contributed by atoms with van der Waals surface area (Å²) in [6.07, 6.45) is 1.78. The summed E-state index contributed by atoms with van der Waals surface area (Å²) in [6.45, 7) is 9.53. The number of rotatable bonds is 5. The SMILES string of the molecule is CC(C)(C)CCc1noc(C(c2ccc(Cl)cc2Cl)N2CCOCC2)n1. The van der Waals surface area contributed by atoms with E-state index in [9.17, 15) is 0 Å². The summed E-state index contributed by atoms with van der Waals surface area (Å²) in [4.78, 5) is 6.94. The number of halogens is 2. The predicted molar refractivity (Wildman–Crippen MR) is 103 cm³/mol. The molecule has 1 aliphatic rings. The van der Waals surface area contributed by atoms with Crippen LogP contribution in [-0.2, 0) is 11.2 Å². The van der Waals surface area contributed by atoms with E-state index in [1.54, 1.807) is 6.07 Å². The molecule has 1 fully saturated rings. The molecule has 1 aromatic carbocycles. The van der Waals surface area contributed by atoms with Crippen molar-refractivity contribution in [3.63, 3.8) is 0 Å². The molecule has 7 heteroatoms. The zero-order chi connectivity index (χ0) is 18.7. The van der Waals surface area contributed by atoms with Crippen LogP contribution in [0.15, 0.2) is 22.7 Å². The van der Waals surface area contributed by atoms with Crippen molar-refractivity contribution in [2.45, 2.75) is 39.7 Å². The van der Waals surface area contributed by atoms with Gasteiger partial charge in [0.05, 0.1) is 13.2 Å². The van der Waals surface area contributed by atoms with Crippen molar-refractivity contribution in [2.75, 3.05) is 26.3 Å².